The van der Waals surface area contributed by atoms with E-state index in [1.165, 1.54) is 36.4 Å². The van der Waals surface area contributed by atoms with Crippen LogP contribution in [0.3, 0.4) is 0 Å². The maximum absolute atomic E-state index is 10.0. The van der Waals surface area contributed by atoms with Gasteiger partial charge in [-0.1, -0.05) is 30.7 Å². The number of benzene rings is 2. The zero-order chi connectivity index (χ0) is 18.4. The molecule has 2 aromatic carbocycles. The quantitative estimate of drug-likeness (QED) is 0.279. The van der Waals surface area contributed by atoms with Gasteiger partial charge in [0.1, 0.15) is 0 Å². The maximum Gasteiger partial charge on any atom is 0.155 e. The maximum atomic E-state index is 10.0. The van der Waals surface area contributed by atoms with Gasteiger partial charge in [-0.05, 0) is 44.0 Å². The molecule has 0 spiro atoms. The average Bonchev–Trinajstić information content (AvgIpc) is 2.54. The van der Waals surface area contributed by atoms with Gasteiger partial charge in [0.15, 0.2) is 5.78 Å². The van der Waals surface area contributed by atoms with Crippen LogP contribution in [0.25, 0.3) is 22.2 Å². The van der Waals surface area contributed by atoms with Crippen molar-refractivity contribution in [2.24, 2.45) is 0 Å². The smallest absolute Gasteiger partial charge is 0.155 e. The number of aromatic nitrogens is 1. The summed E-state index contributed by atoms with van der Waals surface area (Å²) in [4.78, 5) is 14.7. The molecule has 26 heavy (non-hydrogen) atoms. The molecule has 0 unspecified atom stereocenters. The SMILES string of the molecule is CC(=O)/C=C(/C)O.Cc1c[c-]c(-c2ccc3cc(C)ccc3n2)cc1.[Ir]. The van der Waals surface area contributed by atoms with Crippen molar-refractivity contribution < 1.29 is 30.0 Å². The van der Waals surface area contributed by atoms with Crippen molar-refractivity contribution in [1.82, 2.24) is 4.98 Å². The van der Waals surface area contributed by atoms with Gasteiger partial charge in [-0.2, -0.15) is 0 Å². The van der Waals surface area contributed by atoms with Crippen molar-refractivity contribution in [1.29, 1.82) is 0 Å². The standard InChI is InChI=1S/C17H14N.C5H8O2.Ir/c1-12-3-6-14(7-4-12)16-10-8-15-11-13(2)5-9-17(15)18-16;1-4(6)3-5(2)7;/h3-6,8-11H,1-2H3;3,6H,1-2H3;/q-1;;/b;4-3-;. The number of aliphatic hydroxyl groups is 1. The fourth-order valence-corrected chi connectivity index (χ4v) is 2.35. The molecule has 1 heterocycles. The number of hydrogen-bond acceptors (Lipinski definition) is 3. The van der Waals surface area contributed by atoms with E-state index in [0.29, 0.717) is 0 Å². The number of allylic oxidation sites excluding steroid dienone is 2. The van der Waals surface area contributed by atoms with Gasteiger partial charge in [0.05, 0.1) is 11.3 Å². The van der Waals surface area contributed by atoms with E-state index in [-0.39, 0.29) is 31.6 Å². The van der Waals surface area contributed by atoms with E-state index in [2.05, 4.69) is 67.4 Å². The van der Waals surface area contributed by atoms with Crippen LogP contribution in [0.4, 0.5) is 0 Å². The van der Waals surface area contributed by atoms with Gasteiger partial charge < -0.3 is 5.11 Å². The number of ketones is 1. The van der Waals surface area contributed by atoms with Gasteiger partial charge in [0, 0.05) is 26.2 Å². The topological polar surface area (TPSA) is 50.2 Å². The Morgan fingerprint density at radius 2 is 1.73 bits per heavy atom. The van der Waals surface area contributed by atoms with Gasteiger partial charge in [-0.3, -0.25) is 9.78 Å². The summed E-state index contributed by atoms with van der Waals surface area (Å²) in [5, 5.41) is 9.55. The number of aryl methyl sites for hydroxylation is 2. The minimum absolute atomic E-state index is 0. The van der Waals surface area contributed by atoms with E-state index >= 15 is 0 Å². The normalized spacial score (nSPS) is 10.5. The molecular weight excluding hydrogens is 502 g/mol. The molecule has 0 atom stereocenters. The first kappa shape index (κ1) is 21.8. The molecule has 0 fully saturated rings. The van der Waals surface area contributed by atoms with E-state index < -0.39 is 0 Å². The second-order valence-electron chi connectivity index (χ2n) is 6.07. The molecule has 3 rings (SSSR count). The number of pyridine rings is 1. The predicted molar refractivity (Wildman–Crippen MR) is 103 cm³/mol. The summed E-state index contributed by atoms with van der Waals surface area (Å²) in [5.74, 6) is -0.0625. The zero-order valence-electron chi connectivity index (χ0n) is 15.3. The molecule has 1 aromatic heterocycles. The van der Waals surface area contributed by atoms with Crippen LogP contribution in [0.15, 0.2) is 60.4 Å². The van der Waals surface area contributed by atoms with Crippen molar-refractivity contribution in [2.45, 2.75) is 27.7 Å². The fraction of sp³-hybridized carbons (Fsp3) is 0.182. The molecule has 0 amide bonds. The summed E-state index contributed by atoms with van der Waals surface area (Å²) in [7, 11) is 0. The molecule has 0 aliphatic heterocycles. The van der Waals surface area contributed by atoms with Crippen molar-refractivity contribution in [2.75, 3.05) is 0 Å². The largest absolute Gasteiger partial charge is 0.512 e. The number of fused-ring (bicyclic) bond motifs is 1. The van der Waals surface area contributed by atoms with Crippen LogP contribution >= 0.6 is 0 Å². The minimum atomic E-state index is -0.125. The van der Waals surface area contributed by atoms with Crippen LogP contribution in [-0.4, -0.2) is 15.9 Å². The van der Waals surface area contributed by atoms with Crippen LogP contribution in [0, 0.1) is 19.9 Å². The number of aliphatic hydroxyl groups excluding tert-OH is 1. The minimum Gasteiger partial charge on any atom is -0.512 e. The van der Waals surface area contributed by atoms with Gasteiger partial charge in [0.25, 0.3) is 0 Å². The molecule has 0 saturated heterocycles. The third kappa shape index (κ3) is 6.55. The summed E-state index contributed by atoms with van der Waals surface area (Å²) >= 11 is 0. The first-order valence-electron chi connectivity index (χ1n) is 8.09. The van der Waals surface area contributed by atoms with Crippen molar-refractivity contribution in [3.8, 4) is 11.3 Å². The van der Waals surface area contributed by atoms with Crippen LogP contribution in [0.2, 0.25) is 0 Å². The molecule has 137 valence electrons. The summed E-state index contributed by atoms with van der Waals surface area (Å²) in [6.07, 6.45) is 1.17. The van der Waals surface area contributed by atoms with E-state index in [1.807, 2.05) is 6.07 Å². The van der Waals surface area contributed by atoms with Crippen molar-refractivity contribution >= 4 is 16.7 Å². The first-order valence-corrected chi connectivity index (χ1v) is 8.09. The van der Waals surface area contributed by atoms with E-state index in [1.54, 1.807) is 0 Å². The Labute approximate surface area is 168 Å². The number of rotatable bonds is 2. The number of nitrogens with zero attached hydrogens (tertiary/aromatic N) is 1. The van der Waals surface area contributed by atoms with E-state index in [9.17, 15) is 4.79 Å². The van der Waals surface area contributed by atoms with Gasteiger partial charge >= 0.3 is 0 Å². The third-order valence-electron chi connectivity index (χ3n) is 3.50. The molecular formula is C22H22IrNO2-. The predicted octanol–water partition coefficient (Wildman–Crippen LogP) is 5.35. The summed E-state index contributed by atoms with van der Waals surface area (Å²) in [6.45, 7) is 7.01. The third-order valence-corrected chi connectivity index (χ3v) is 3.50. The monoisotopic (exact) mass is 525 g/mol. The second kappa shape index (κ2) is 10.0. The Morgan fingerprint density at radius 3 is 2.27 bits per heavy atom. The zero-order valence-corrected chi connectivity index (χ0v) is 17.7. The van der Waals surface area contributed by atoms with Crippen molar-refractivity contribution in [3.05, 3.63) is 77.6 Å². The molecule has 1 N–H and O–H groups in total. The van der Waals surface area contributed by atoms with Crippen LogP contribution in [0.1, 0.15) is 25.0 Å². The van der Waals surface area contributed by atoms with Gasteiger partial charge in [0.2, 0.25) is 0 Å². The molecule has 0 bridgehead atoms. The Morgan fingerprint density at radius 1 is 1.04 bits per heavy atom. The van der Waals surface area contributed by atoms with E-state index in [4.69, 9.17) is 5.11 Å². The Bertz CT molecular complexity index is 911. The average molecular weight is 525 g/mol. The van der Waals surface area contributed by atoms with Crippen molar-refractivity contribution in [3.63, 3.8) is 0 Å². The Balaban J connectivity index is 0.000000366. The first-order chi connectivity index (χ1) is 11.8. The molecule has 3 aromatic rings. The summed E-state index contributed by atoms with van der Waals surface area (Å²) in [5.41, 5.74) is 5.54. The number of hydrogen-bond donors (Lipinski definition) is 1. The summed E-state index contributed by atoms with van der Waals surface area (Å²) < 4.78 is 0. The van der Waals surface area contributed by atoms with Crippen LogP contribution in [-0.2, 0) is 24.9 Å². The van der Waals surface area contributed by atoms with Gasteiger partial charge in [-0.15, -0.1) is 35.4 Å². The molecule has 0 aliphatic rings. The Hall–Kier alpha value is -2.29. The second-order valence-corrected chi connectivity index (χ2v) is 6.07. The molecule has 1 radical (unpaired) electrons. The van der Waals surface area contributed by atoms with Crippen LogP contribution < -0.4 is 0 Å². The summed E-state index contributed by atoms with van der Waals surface area (Å²) in [6, 6.07) is 19.9. The number of carbonyl (C=O) groups is 1. The van der Waals surface area contributed by atoms with Crippen LogP contribution in [0.5, 0.6) is 0 Å². The molecule has 4 heteroatoms. The Kier molecular flexibility index (Phi) is 8.37. The fourth-order valence-electron chi connectivity index (χ4n) is 2.35. The number of carbonyl (C=O) groups excluding carboxylic acids is 1. The molecule has 3 nitrogen and oxygen atoms in total. The van der Waals surface area contributed by atoms with Gasteiger partial charge in [-0.25, -0.2) is 0 Å². The molecule has 0 aliphatic carbocycles. The van der Waals surface area contributed by atoms with E-state index in [0.717, 1.165) is 16.8 Å². The molecule has 0 saturated carbocycles.